The van der Waals surface area contributed by atoms with Gasteiger partial charge in [0.15, 0.2) is 0 Å². The molecular weight excluding hydrogens is 192 g/mol. The van der Waals surface area contributed by atoms with Crippen LogP contribution in [0.2, 0.25) is 0 Å². The molecule has 6 heteroatoms. The van der Waals surface area contributed by atoms with Crippen molar-refractivity contribution in [1.29, 1.82) is 0 Å². The highest BCUT2D eigenvalue weighted by atomic mass is 32.2. The number of rotatable bonds is 3. The number of carbonyl (C=O) groups excluding carboxylic acids is 1. The standard InChI is InChI=1S/C7H6N2O3S/c8-7(10)5-2-1-3-6(4-5)13-9(11)12/h1-4H,(H2,8,10). The first-order valence-corrected chi connectivity index (χ1v) is 4.09. The summed E-state index contributed by atoms with van der Waals surface area (Å²) in [6.45, 7) is 0. The summed E-state index contributed by atoms with van der Waals surface area (Å²) in [6.07, 6.45) is 0. The van der Waals surface area contributed by atoms with E-state index < -0.39 is 10.2 Å². The second-order valence-electron chi connectivity index (χ2n) is 2.21. The molecule has 0 fully saturated rings. The lowest BCUT2D eigenvalue weighted by molar-refractivity contribution is -0.284. The molecule has 13 heavy (non-hydrogen) atoms. The SMILES string of the molecule is NC(=O)c1cccc(S[N+](=O)[O-])c1. The first kappa shape index (κ1) is 9.53. The van der Waals surface area contributed by atoms with Gasteiger partial charge in [0.1, 0.15) is 4.33 Å². The summed E-state index contributed by atoms with van der Waals surface area (Å²) in [5.41, 5.74) is 5.27. The molecule has 68 valence electrons. The Morgan fingerprint density at radius 2 is 2.23 bits per heavy atom. The monoisotopic (exact) mass is 198 g/mol. The minimum Gasteiger partial charge on any atom is -0.366 e. The fourth-order valence-corrected chi connectivity index (χ4v) is 1.28. The van der Waals surface area contributed by atoms with Crippen LogP contribution in [0.4, 0.5) is 0 Å². The number of hydrogen-bond donors (Lipinski definition) is 1. The van der Waals surface area contributed by atoms with E-state index in [0.717, 1.165) is 0 Å². The quantitative estimate of drug-likeness (QED) is 0.447. The Bertz CT molecular complexity index is 353. The summed E-state index contributed by atoms with van der Waals surface area (Å²) in [5, 5.41) is 10.1. The van der Waals surface area contributed by atoms with E-state index in [1.807, 2.05) is 0 Å². The maximum absolute atomic E-state index is 10.7. The van der Waals surface area contributed by atoms with Crippen molar-refractivity contribution >= 4 is 17.9 Å². The van der Waals surface area contributed by atoms with E-state index >= 15 is 0 Å². The second-order valence-corrected chi connectivity index (χ2v) is 3.16. The Kier molecular flexibility index (Phi) is 2.86. The number of hydrogen-bond acceptors (Lipinski definition) is 4. The highest BCUT2D eigenvalue weighted by molar-refractivity contribution is 7.93. The number of benzene rings is 1. The second kappa shape index (κ2) is 3.90. The van der Waals surface area contributed by atoms with Crippen molar-refractivity contribution in [3.05, 3.63) is 39.9 Å². The van der Waals surface area contributed by atoms with Crippen LogP contribution in [-0.4, -0.2) is 10.2 Å². The van der Waals surface area contributed by atoms with Gasteiger partial charge in [0.25, 0.3) is 11.9 Å². The molecule has 5 nitrogen and oxygen atoms in total. The predicted octanol–water partition coefficient (Wildman–Crippen LogP) is 1.07. The number of nitro groups is 1. The molecule has 1 aromatic carbocycles. The first-order chi connectivity index (χ1) is 6.09. The average Bonchev–Trinajstić information content (AvgIpc) is 2.03. The third-order valence-corrected chi connectivity index (χ3v) is 1.91. The van der Waals surface area contributed by atoms with Crippen molar-refractivity contribution in [2.45, 2.75) is 4.90 Å². The van der Waals surface area contributed by atoms with Gasteiger partial charge in [-0.15, -0.1) is 0 Å². The highest BCUT2D eigenvalue weighted by Crippen LogP contribution is 2.18. The molecule has 2 N–H and O–H groups in total. The molecule has 0 saturated heterocycles. The van der Waals surface area contributed by atoms with Crippen molar-refractivity contribution in [3.8, 4) is 0 Å². The van der Waals surface area contributed by atoms with Crippen LogP contribution in [0, 0.1) is 10.1 Å². The molecule has 0 bridgehead atoms. The number of primary amides is 1. The zero-order valence-electron chi connectivity index (χ0n) is 6.47. The van der Waals surface area contributed by atoms with Crippen LogP contribution in [0.25, 0.3) is 0 Å². The Labute approximate surface area is 78.2 Å². The van der Waals surface area contributed by atoms with Gasteiger partial charge >= 0.3 is 0 Å². The zero-order valence-corrected chi connectivity index (χ0v) is 7.28. The molecule has 0 saturated carbocycles. The third kappa shape index (κ3) is 2.75. The molecule has 1 rings (SSSR count). The van der Waals surface area contributed by atoms with E-state index in [1.54, 1.807) is 12.1 Å². The molecule has 0 unspecified atom stereocenters. The van der Waals surface area contributed by atoms with Crippen molar-refractivity contribution in [3.63, 3.8) is 0 Å². The maximum Gasteiger partial charge on any atom is 0.265 e. The number of carbonyl (C=O) groups is 1. The van der Waals surface area contributed by atoms with E-state index in [1.165, 1.54) is 12.1 Å². The topological polar surface area (TPSA) is 86.2 Å². The van der Waals surface area contributed by atoms with Crippen LogP contribution in [0.5, 0.6) is 0 Å². The van der Waals surface area contributed by atoms with Crippen LogP contribution in [0.1, 0.15) is 10.4 Å². The van der Waals surface area contributed by atoms with Gasteiger partial charge in [0.05, 0.1) is 4.90 Å². The number of nitrogens with two attached hydrogens (primary N) is 1. The van der Waals surface area contributed by atoms with Crippen LogP contribution < -0.4 is 5.73 Å². The fraction of sp³-hybridized carbons (Fsp3) is 0. The van der Waals surface area contributed by atoms with E-state index in [9.17, 15) is 14.9 Å². The molecule has 0 aromatic heterocycles. The molecule has 1 aromatic rings. The zero-order chi connectivity index (χ0) is 9.84. The van der Waals surface area contributed by atoms with E-state index in [-0.39, 0.29) is 5.56 Å². The third-order valence-electron chi connectivity index (χ3n) is 1.30. The largest absolute Gasteiger partial charge is 0.366 e. The summed E-state index contributed by atoms with van der Waals surface area (Å²) in [4.78, 5) is 21.2. The fourth-order valence-electron chi connectivity index (χ4n) is 0.792. The van der Waals surface area contributed by atoms with E-state index in [2.05, 4.69) is 0 Å². The summed E-state index contributed by atoms with van der Waals surface area (Å²) < 4.78 is -0.542. The number of nitrogens with zero attached hydrogens (tertiary/aromatic N) is 1. The van der Waals surface area contributed by atoms with Gasteiger partial charge < -0.3 is 5.73 Å². The van der Waals surface area contributed by atoms with Gasteiger partial charge in [0, 0.05) is 5.56 Å². The Morgan fingerprint density at radius 3 is 2.77 bits per heavy atom. The average molecular weight is 198 g/mol. The molecule has 0 aliphatic carbocycles. The highest BCUT2D eigenvalue weighted by Gasteiger charge is 2.07. The smallest absolute Gasteiger partial charge is 0.265 e. The summed E-state index contributed by atoms with van der Waals surface area (Å²) >= 11 is 0.444. The predicted molar refractivity (Wildman–Crippen MR) is 47.8 cm³/mol. The maximum atomic E-state index is 10.7. The van der Waals surface area contributed by atoms with Gasteiger partial charge in [-0.3, -0.25) is 14.9 Å². The minimum absolute atomic E-state index is 0.270. The van der Waals surface area contributed by atoms with E-state index in [0.29, 0.717) is 16.8 Å². The van der Waals surface area contributed by atoms with Crippen molar-refractivity contribution < 1.29 is 9.12 Å². The van der Waals surface area contributed by atoms with Crippen LogP contribution in [0.15, 0.2) is 29.2 Å². The number of amides is 1. The van der Waals surface area contributed by atoms with Gasteiger partial charge in [-0.05, 0) is 18.2 Å². The Morgan fingerprint density at radius 1 is 1.54 bits per heavy atom. The van der Waals surface area contributed by atoms with Crippen LogP contribution in [0.3, 0.4) is 0 Å². The lowest BCUT2D eigenvalue weighted by Gasteiger charge is -1.95. The molecular formula is C7H6N2O3S. The minimum atomic E-state index is -0.592. The van der Waals surface area contributed by atoms with Crippen LogP contribution in [-0.2, 0) is 0 Å². The Balaban J connectivity index is 2.91. The molecule has 0 radical (unpaired) electrons. The molecule has 1 amide bonds. The van der Waals surface area contributed by atoms with Gasteiger partial charge in [-0.1, -0.05) is 6.07 Å². The lowest BCUT2D eigenvalue weighted by atomic mass is 10.2. The molecule has 0 heterocycles. The molecule has 0 atom stereocenters. The van der Waals surface area contributed by atoms with Gasteiger partial charge in [-0.25, -0.2) is 0 Å². The summed E-state index contributed by atoms with van der Waals surface area (Å²) in [6, 6.07) is 5.98. The van der Waals surface area contributed by atoms with Crippen molar-refractivity contribution in [2.24, 2.45) is 5.73 Å². The summed E-state index contributed by atoms with van der Waals surface area (Å²) in [5.74, 6) is -0.592. The normalized spacial score (nSPS) is 9.54. The lowest BCUT2D eigenvalue weighted by Crippen LogP contribution is -2.10. The van der Waals surface area contributed by atoms with E-state index in [4.69, 9.17) is 5.73 Å². The van der Waals surface area contributed by atoms with Crippen molar-refractivity contribution in [1.82, 2.24) is 0 Å². The van der Waals surface area contributed by atoms with Gasteiger partial charge in [0.2, 0.25) is 5.91 Å². The molecule has 0 spiro atoms. The van der Waals surface area contributed by atoms with Crippen LogP contribution >= 0.6 is 11.9 Å². The Hall–Kier alpha value is -1.56. The molecule has 0 aliphatic rings. The molecule has 0 aliphatic heterocycles. The van der Waals surface area contributed by atoms with Crippen molar-refractivity contribution in [2.75, 3.05) is 0 Å². The van der Waals surface area contributed by atoms with Gasteiger partial charge in [-0.2, -0.15) is 0 Å². The first-order valence-electron chi connectivity index (χ1n) is 3.32. The summed E-state index contributed by atoms with van der Waals surface area (Å²) in [7, 11) is 0.